The highest BCUT2D eigenvalue weighted by molar-refractivity contribution is 5.19. The van der Waals surface area contributed by atoms with Crippen molar-refractivity contribution in [2.75, 3.05) is 0 Å². The van der Waals surface area contributed by atoms with Crippen molar-refractivity contribution in [1.82, 2.24) is 0 Å². The van der Waals surface area contributed by atoms with Gasteiger partial charge in [-0.25, -0.2) is 4.39 Å². The molecule has 1 aliphatic rings. The van der Waals surface area contributed by atoms with Crippen LogP contribution in [-0.2, 0) is 0 Å². The third-order valence-electron chi connectivity index (χ3n) is 3.67. The van der Waals surface area contributed by atoms with E-state index in [1.54, 1.807) is 0 Å². The van der Waals surface area contributed by atoms with Crippen LogP contribution >= 0.6 is 0 Å². The first-order valence-electron chi connectivity index (χ1n) is 6.30. The average molecular weight is 238 g/mol. The molecule has 2 atom stereocenters. The zero-order chi connectivity index (χ0) is 12.3. The van der Waals surface area contributed by atoms with Crippen molar-refractivity contribution in [2.45, 2.75) is 44.3 Å². The minimum Gasteiger partial charge on any atom is -0.390 e. The van der Waals surface area contributed by atoms with Gasteiger partial charge in [-0.15, -0.1) is 0 Å². The predicted molar refractivity (Wildman–Crippen MR) is 63.9 cm³/mol. The number of aliphatic hydroxyl groups excluding tert-OH is 2. The van der Waals surface area contributed by atoms with Crippen molar-refractivity contribution >= 4 is 0 Å². The maximum absolute atomic E-state index is 12.8. The van der Waals surface area contributed by atoms with E-state index in [9.17, 15) is 14.6 Å². The summed E-state index contributed by atoms with van der Waals surface area (Å²) in [4.78, 5) is 0. The third kappa shape index (κ3) is 3.05. The molecule has 1 aromatic rings. The summed E-state index contributed by atoms with van der Waals surface area (Å²) >= 11 is 0. The maximum Gasteiger partial charge on any atom is 0.123 e. The second kappa shape index (κ2) is 5.61. The summed E-state index contributed by atoms with van der Waals surface area (Å²) in [5.74, 6) is -0.156. The van der Waals surface area contributed by atoms with Crippen molar-refractivity contribution in [3.05, 3.63) is 35.6 Å². The molecule has 2 rings (SSSR count). The van der Waals surface area contributed by atoms with Crippen LogP contribution < -0.4 is 0 Å². The normalized spacial score (nSPS) is 21.1. The standard InChI is InChI=1S/C14H19FO2/c15-12-8-6-11(7-9-12)14(17)13(16)10-4-2-1-3-5-10/h6-10,13-14,16-17H,1-5H2. The predicted octanol–water partition coefficient (Wildman–Crippen LogP) is 2.80. The topological polar surface area (TPSA) is 40.5 Å². The Hall–Kier alpha value is -0.930. The van der Waals surface area contributed by atoms with Crippen molar-refractivity contribution in [3.63, 3.8) is 0 Å². The highest BCUT2D eigenvalue weighted by atomic mass is 19.1. The smallest absolute Gasteiger partial charge is 0.123 e. The first kappa shape index (κ1) is 12.5. The van der Waals surface area contributed by atoms with E-state index < -0.39 is 12.2 Å². The van der Waals surface area contributed by atoms with Crippen LogP contribution in [0, 0.1) is 11.7 Å². The molecular weight excluding hydrogens is 219 g/mol. The van der Waals surface area contributed by atoms with E-state index in [1.807, 2.05) is 0 Å². The number of hydrogen-bond acceptors (Lipinski definition) is 2. The van der Waals surface area contributed by atoms with Crippen LogP contribution in [0.4, 0.5) is 4.39 Å². The Labute approximate surface area is 101 Å². The summed E-state index contributed by atoms with van der Waals surface area (Å²) in [6.07, 6.45) is 3.77. The van der Waals surface area contributed by atoms with Gasteiger partial charge in [-0.05, 0) is 36.5 Å². The molecule has 0 aliphatic heterocycles. The Kier molecular flexibility index (Phi) is 4.13. The molecule has 0 spiro atoms. The zero-order valence-electron chi connectivity index (χ0n) is 9.85. The minimum absolute atomic E-state index is 0.170. The Bertz CT molecular complexity index is 344. The molecule has 1 saturated carbocycles. The van der Waals surface area contributed by atoms with E-state index in [2.05, 4.69) is 0 Å². The molecule has 0 amide bonds. The highest BCUT2D eigenvalue weighted by Gasteiger charge is 2.28. The van der Waals surface area contributed by atoms with Gasteiger partial charge < -0.3 is 10.2 Å². The third-order valence-corrected chi connectivity index (χ3v) is 3.67. The van der Waals surface area contributed by atoms with Crippen LogP contribution in [0.25, 0.3) is 0 Å². The van der Waals surface area contributed by atoms with Gasteiger partial charge in [0.2, 0.25) is 0 Å². The van der Waals surface area contributed by atoms with Crippen LogP contribution in [0.5, 0.6) is 0 Å². The second-order valence-corrected chi connectivity index (χ2v) is 4.89. The molecule has 1 fully saturated rings. The van der Waals surface area contributed by atoms with Crippen LogP contribution in [0.3, 0.4) is 0 Å². The molecule has 1 aromatic carbocycles. The van der Waals surface area contributed by atoms with Crippen molar-refractivity contribution in [3.8, 4) is 0 Å². The fourth-order valence-corrected chi connectivity index (χ4v) is 2.59. The molecule has 1 aliphatic carbocycles. The Morgan fingerprint density at radius 2 is 1.59 bits per heavy atom. The Morgan fingerprint density at radius 3 is 2.18 bits per heavy atom. The number of aliphatic hydroxyl groups is 2. The highest BCUT2D eigenvalue weighted by Crippen LogP contribution is 2.32. The summed E-state index contributed by atoms with van der Waals surface area (Å²) < 4.78 is 12.8. The van der Waals surface area contributed by atoms with E-state index in [0.717, 1.165) is 25.7 Å². The van der Waals surface area contributed by atoms with Crippen LogP contribution in [0.15, 0.2) is 24.3 Å². The largest absolute Gasteiger partial charge is 0.390 e. The number of hydrogen-bond donors (Lipinski definition) is 2. The molecule has 2 N–H and O–H groups in total. The lowest BCUT2D eigenvalue weighted by Gasteiger charge is -2.29. The average Bonchev–Trinajstić information content (AvgIpc) is 2.39. The van der Waals surface area contributed by atoms with Gasteiger partial charge in [0, 0.05) is 0 Å². The molecule has 0 bridgehead atoms. The molecule has 0 aromatic heterocycles. The van der Waals surface area contributed by atoms with E-state index in [-0.39, 0.29) is 11.7 Å². The summed E-state index contributed by atoms with van der Waals surface area (Å²) in [5.41, 5.74) is 0.587. The molecule has 3 heteroatoms. The SMILES string of the molecule is OC(c1ccc(F)cc1)C(O)C1CCCCC1. The van der Waals surface area contributed by atoms with E-state index in [1.165, 1.54) is 30.7 Å². The summed E-state index contributed by atoms with van der Waals surface area (Å²) in [7, 11) is 0. The fourth-order valence-electron chi connectivity index (χ4n) is 2.59. The van der Waals surface area contributed by atoms with Gasteiger partial charge in [0.25, 0.3) is 0 Å². The minimum atomic E-state index is -0.904. The Morgan fingerprint density at radius 1 is 1.00 bits per heavy atom. The van der Waals surface area contributed by atoms with Crippen LogP contribution in [0.1, 0.15) is 43.8 Å². The van der Waals surface area contributed by atoms with Crippen LogP contribution in [0.2, 0.25) is 0 Å². The lowest BCUT2D eigenvalue weighted by atomic mass is 9.82. The molecule has 17 heavy (non-hydrogen) atoms. The molecule has 94 valence electrons. The van der Waals surface area contributed by atoms with E-state index >= 15 is 0 Å². The van der Waals surface area contributed by atoms with Gasteiger partial charge in [-0.2, -0.15) is 0 Å². The van der Waals surface area contributed by atoms with Crippen LogP contribution in [-0.4, -0.2) is 16.3 Å². The first-order valence-corrected chi connectivity index (χ1v) is 6.30. The van der Waals surface area contributed by atoms with Gasteiger partial charge in [0.05, 0.1) is 6.10 Å². The van der Waals surface area contributed by atoms with Gasteiger partial charge in [-0.3, -0.25) is 0 Å². The number of halogens is 1. The molecule has 2 unspecified atom stereocenters. The molecule has 2 nitrogen and oxygen atoms in total. The van der Waals surface area contributed by atoms with Crippen molar-refractivity contribution in [2.24, 2.45) is 5.92 Å². The van der Waals surface area contributed by atoms with Gasteiger partial charge >= 0.3 is 0 Å². The van der Waals surface area contributed by atoms with Crippen molar-refractivity contribution in [1.29, 1.82) is 0 Å². The van der Waals surface area contributed by atoms with Crippen molar-refractivity contribution < 1.29 is 14.6 Å². The summed E-state index contributed by atoms with van der Waals surface area (Å²) in [6.45, 7) is 0. The van der Waals surface area contributed by atoms with Gasteiger partial charge in [0.15, 0.2) is 0 Å². The molecule has 0 radical (unpaired) electrons. The first-order chi connectivity index (χ1) is 8.18. The quantitative estimate of drug-likeness (QED) is 0.850. The molecule has 0 heterocycles. The van der Waals surface area contributed by atoms with E-state index in [4.69, 9.17) is 0 Å². The van der Waals surface area contributed by atoms with E-state index in [0.29, 0.717) is 5.56 Å². The summed E-state index contributed by atoms with van der Waals surface area (Å²) in [5, 5.41) is 20.2. The number of benzene rings is 1. The number of rotatable bonds is 3. The fraction of sp³-hybridized carbons (Fsp3) is 0.571. The molecular formula is C14H19FO2. The lowest BCUT2D eigenvalue weighted by Crippen LogP contribution is -2.29. The zero-order valence-corrected chi connectivity index (χ0v) is 9.85. The molecule has 0 saturated heterocycles. The lowest BCUT2D eigenvalue weighted by molar-refractivity contribution is -0.0285. The Balaban J connectivity index is 2.02. The van der Waals surface area contributed by atoms with Gasteiger partial charge in [0.1, 0.15) is 11.9 Å². The second-order valence-electron chi connectivity index (χ2n) is 4.89. The van der Waals surface area contributed by atoms with Gasteiger partial charge in [-0.1, -0.05) is 31.4 Å². The monoisotopic (exact) mass is 238 g/mol. The summed E-state index contributed by atoms with van der Waals surface area (Å²) in [6, 6.07) is 5.69. The maximum atomic E-state index is 12.8.